The Morgan fingerprint density at radius 1 is 1.15 bits per heavy atom. The fraction of sp³-hybridized carbons (Fsp3) is 0.300. The maximum atomic E-state index is 5.25. The summed E-state index contributed by atoms with van der Waals surface area (Å²) in [6.45, 7) is 1.56. The molecular formula is C20H24N4OS. The molecule has 0 unspecified atom stereocenters. The van der Waals surface area contributed by atoms with Crippen LogP contribution in [0.2, 0.25) is 0 Å². The van der Waals surface area contributed by atoms with E-state index in [1.54, 1.807) is 25.5 Å². The zero-order valence-electron chi connectivity index (χ0n) is 15.2. The molecule has 3 rings (SSSR count). The highest BCUT2D eigenvalue weighted by Crippen LogP contribution is 2.22. The van der Waals surface area contributed by atoms with Crippen molar-refractivity contribution in [3.63, 3.8) is 0 Å². The van der Waals surface area contributed by atoms with Gasteiger partial charge in [0.15, 0.2) is 5.96 Å². The molecule has 2 aromatic carbocycles. The van der Waals surface area contributed by atoms with Crippen molar-refractivity contribution >= 4 is 27.5 Å². The molecule has 136 valence electrons. The van der Waals surface area contributed by atoms with Gasteiger partial charge in [0.2, 0.25) is 0 Å². The van der Waals surface area contributed by atoms with Crippen LogP contribution in [0.15, 0.2) is 53.5 Å². The summed E-state index contributed by atoms with van der Waals surface area (Å²) in [5, 5.41) is 7.87. The molecule has 0 bridgehead atoms. The summed E-state index contributed by atoms with van der Waals surface area (Å²) in [4.78, 5) is 8.95. The first kappa shape index (κ1) is 18.2. The Balaban J connectivity index is 1.42. The molecule has 2 N–H and O–H groups in total. The second-order valence-electron chi connectivity index (χ2n) is 5.88. The van der Waals surface area contributed by atoms with Crippen molar-refractivity contribution in [2.75, 3.05) is 20.7 Å². The highest BCUT2D eigenvalue weighted by atomic mass is 32.1. The minimum absolute atomic E-state index is 0.703. The van der Waals surface area contributed by atoms with Crippen molar-refractivity contribution in [3.05, 3.63) is 59.1 Å². The lowest BCUT2D eigenvalue weighted by Gasteiger charge is -2.12. The van der Waals surface area contributed by atoms with Crippen molar-refractivity contribution in [1.82, 2.24) is 15.6 Å². The molecule has 6 heteroatoms. The SMILES string of the molecule is CN=C(NCCCc1nc2ccccc2s1)NCc1cccc(OC)c1. The van der Waals surface area contributed by atoms with Gasteiger partial charge in [-0.3, -0.25) is 4.99 Å². The smallest absolute Gasteiger partial charge is 0.191 e. The molecule has 0 aliphatic heterocycles. The van der Waals surface area contributed by atoms with Crippen molar-refractivity contribution in [1.29, 1.82) is 0 Å². The lowest BCUT2D eigenvalue weighted by atomic mass is 10.2. The largest absolute Gasteiger partial charge is 0.497 e. The fourth-order valence-corrected chi connectivity index (χ4v) is 3.67. The van der Waals surface area contributed by atoms with Crippen LogP contribution in [0.1, 0.15) is 17.0 Å². The van der Waals surface area contributed by atoms with Crippen LogP contribution in [0.4, 0.5) is 0 Å². The Bertz CT molecular complexity index is 842. The quantitative estimate of drug-likeness (QED) is 0.380. The van der Waals surface area contributed by atoms with Gasteiger partial charge < -0.3 is 15.4 Å². The number of nitrogens with one attached hydrogen (secondary N) is 2. The van der Waals surface area contributed by atoms with Gasteiger partial charge in [-0.1, -0.05) is 24.3 Å². The van der Waals surface area contributed by atoms with E-state index in [4.69, 9.17) is 4.74 Å². The summed E-state index contributed by atoms with van der Waals surface area (Å²) in [5.74, 6) is 1.67. The molecule has 0 radical (unpaired) electrons. The molecule has 0 saturated carbocycles. The first-order valence-electron chi connectivity index (χ1n) is 8.70. The van der Waals surface area contributed by atoms with E-state index in [1.807, 2.05) is 24.3 Å². The number of guanidine groups is 1. The van der Waals surface area contributed by atoms with E-state index in [2.05, 4.69) is 44.9 Å². The average molecular weight is 369 g/mol. The molecule has 0 amide bonds. The molecule has 0 aliphatic carbocycles. The summed E-state index contributed by atoms with van der Waals surface area (Å²) in [7, 11) is 3.47. The van der Waals surface area contributed by atoms with E-state index in [0.717, 1.165) is 42.2 Å². The molecule has 1 aromatic heterocycles. The number of rotatable bonds is 7. The maximum Gasteiger partial charge on any atom is 0.191 e. The number of benzene rings is 2. The Kier molecular flexibility index (Phi) is 6.44. The molecule has 0 fully saturated rings. The van der Waals surface area contributed by atoms with Gasteiger partial charge >= 0.3 is 0 Å². The van der Waals surface area contributed by atoms with Crippen LogP contribution in [-0.2, 0) is 13.0 Å². The lowest BCUT2D eigenvalue weighted by Crippen LogP contribution is -2.37. The van der Waals surface area contributed by atoms with Crippen LogP contribution in [-0.4, -0.2) is 31.6 Å². The predicted octanol–water partition coefficient (Wildman–Crippen LogP) is 3.60. The minimum Gasteiger partial charge on any atom is -0.497 e. The number of para-hydroxylation sites is 1. The molecule has 1 heterocycles. The third-order valence-electron chi connectivity index (χ3n) is 4.02. The number of aryl methyl sites for hydroxylation is 1. The van der Waals surface area contributed by atoms with Gasteiger partial charge in [-0.25, -0.2) is 4.98 Å². The highest BCUT2D eigenvalue weighted by molar-refractivity contribution is 7.18. The second kappa shape index (κ2) is 9.20. The van der Waals surface area contributed by atoms with Gasteiger partial charge in [-0.05, 0) is 36.2 Å². The van der Waals surface area contributed by atoms with Crippen LogP contribution in [0.25, 0.3) is 10.2 Å². The Morgan fingerprint density at radius 2 is 2.04 bits per heavy atom. The molecule has 0 atom stereocenters. The van der Waals surface area contributed by atoms with Crippen molar-refractivity contribution in [2.24, 2.45) is 4.99 Å². The summed E-state index contributed by atoms with van der Waals surface area (Å²) in [5.41, 5.74) is 2.25. The minimum atomic E-state index is 0.703. The monoisotopic (exact) mass is 368 g/mol. The van der Waals surface area contributed by atoms with Crippen LogP contribution in [0.3, 0.4) is 0 Å². The highest BCUT2D eigenvalue weighted by Gasteiger charge is 2.04. The third-order valence-corrected chi connectivity index (χ3v) is 5.11. The Morgan fingerprint density at radius 3 is 2.85 bits per heavy atom. The maximum absolute atomic E-state index is 5.25. The van der Waals surface area contributed by atoms with E-state index in [0.29, 0.717) is 6.54 Å². The number of aromatic nitrogens is 1. The summed E-state index contributed by atoms with van der Waals surface area (Å²) >= 11 is 1.78. The van der Waals surface area contributed by atoms with Crippen LogP contribution < -0.4 is 15.4 Å². The van der Waals surface area contributed by atoms with Gasteiger partial charge in [0, 0.05) is 26.6 Å². The number of fused-ring (bicyclic) bond motifs is 1. The van der Waals surface area contributed by atoms with Crippen molar-refractivity contribution < 1.29 is 4.74 Å². The summed E-state index contributed by atoms with van der Waals surface area (Å²) < 4.78 is 6.51. The molecule has 26 heavy (non-hydrogen) atoms. The number of hydrogen-bond donors (Lipinski definition) is 2. The average Bonchev–Trinajstić information content (AvgIpc) is 3.10. The van der Waals surface area contributed by atoms with E-state index in [9.17, 15) is 0 Å². The summed E-state index contributed by atoms with van der Waals surface area (Å²) in [6.07, 6.45) is 1.99. The molecule has 0 aliphatic rings. The first-order valence-corrected chi connectivity index (χ1v) is 9.52. The van der Waals surface area contributed by atoms with Gasteiger partial charge in [-0.2, -0.15) is 0 Å². The van der Waals surface area contributed by atoms with Crippen LogP contribution in [0.5, 0.6) is 5.75 Å². The van der Waals surface area contributed by atoms with E-state index in [-0.39, 0.29) is 0 Å². The number of hydrogen-bond acceptors (Lipinski definition) is 4. The molecule has 5 nitrogen and oxygen atoms in total. The number of nitrogens with zero attached hydrogens (tertiary/aromatic N) is 2. The molecule has 3 aromatic rings. The summed E-state index contributed by atoms with van der Waals surface area (Å²) in [6, 6.07) is 16.3. The van der Waals surface area contributed by atoms with Crippen LogP contribution >= 0.6 is 11.3 Å². The van der Waals surface area contributed by atoms with Crippen molar-refractivity contribution in [3.8, 4) is 5.75 Å². The van der Waals surface area contributed by atoms with Gasteiger partial charge in [0.25, 0.3) is 0 Å². The topological polar surface area (TPSA) is 58.5 Å². The Labute approximate surface area is 158 Å². The molecule has 0 spiro atoms. The van der Waals surface area contributed by atoms with Gasteiger partial charge in [0.05, 0.1) is 22.3 Å². The predicted molar refractivity (Wildman–Crippen MR) is 109 cm³/mol. The second-order valence-corrected chi connectivity index (χ2v) is 7.00. The normalized spacial score (nSPS) is 11.5. The number of thiazole rings is 1. The number of aliphatic imine (C=N–C) groups is 1. The first-order chi connectivity index (χ1) is 12.8. The van der Waals surface area contributed by atoms with E-state index >= 15 is 0 Å². The lowest BCUT2D eigenvalue weighted by molar-refractivity contribution is 0.414. The zero-order valence-corrected chi connectivity index (χ0v) is 16.0. The number of methoxy groups -OCH3 is 1. The van der Waals surface area contributed by atoms with Gasteiger partial charge in [0.1, 0.15) is 5.75 Å². The van der Waals surface area contributed by atoms with E-state index in [1.165, 1.54) is 9.71 Å². The van der Waals surface area contributed by atoms with Crippen LogP contribution in [0, 0.1) is 0 Å². The zero-order chi connectivity index (χ0) is 18.2. The molecular weight excluding hydrogens is 344 g/mol. The Hall–Kier alpha value is -2.60. The fourth-order valence-electron chi connectivity index (χ4n) is 2.66. The number of ether oxygens (including phenoxy) is 1. The van der Waals surface area contributed by atoms with Gasteiger partial charge in [-0.15, -0.1) is 11.3 Å². The standard InChI is InChI=1S/C20H24N4OS/c1-21-20(23-14-15-7-5-8-16(13-15)25-2)22-12-6-11-19-24-17-9-3-4-10-18(17)26-19/h3-5,7-10,13H,6,11-12,14H2,1-2H3,(H2,21,22,23). The third kappa shape index (κ3) is 4.95. The van der Waals surface area contributed by atoms with E-state index < -0.39 is 0 Å². The van der Waals surface area contributed by atoms with Crippen molar-refractivity contribution in [2.45, 2.75) is 19.4 Å². The molecule has 0 saturated heterocycles.